The third-order valence-electron chi connectivity index (χ3n) is 4.18. The maximum absolute atomic E-state index is 12.4. The molecule has 0 spiro atoms. The van der Waals surface area contributed by atoms with Gasteiger partial charge in [0.2, 0.25) is 5.91 Å². The molecule has 0 atom stereocenters. The quantitative estimate of drug-likeness (QED) is 0.848. The Hall–Kier alpha value is -2.12. The maximum Gasteiger partial charge on any atom is 0.257 e. The van der Waals surface area contributed by atoms with Gasteiger partial charge in [0.1, 0.15) is 6.26 Å². The fraction of sp³-hybridized carbons (Fsp3) is 0.333. The van der Waals surface area contributed by atoms with E-state index >= 15 is 0 Å². The Morgan fingerprint density at radius 3 is 2.44 bits per heavy atom. The summed E-state index contributed by atoms with van der Waals surface area (Å²) < 4.78 is 5.66. The zero-order valence-electron chi connectivity index (χ0n) is 14.0. The lowest BCUT2D eigenvalue weighted by molar-refractivity contribution is -0.117. The second kappa shape index (κ2) is 7.84. The lowest BCUT2D eigenvalue weighted by Crippen LogP contribution is -2.50. The summed E-state index contributed by atoms with van der Waals surface area (Å²) in [5.74, 6) is -0.0828. The molecule has 0 saturated carbocycles. The summed E-state index contributed by atoms with van der Waals surface area (Å²) >= 11 is 3.20. The molecule has 1 N–H and O–H groups in total. The molecule has 1 fully saturated rings. The second-order valence-electron chi connectivity index (χ2n) is 6.12. The van der Waals surface area contributed by atoms with Crippen LogP contribution in [-0.4, -0.2) is 54.3 Å². The number of hydrogen-bond acceptors (Lipinski definition) is 4. The Bertz CT molecular complexity index is 749. The van der Waals surface area contributed by atoms with Gasteiger partial charge in [-0.25, -0.2) is 0 Å². The highest BCUT2D eigenvalue weighted by Gasteiger charge is 2.24. The van der Waals surface area contributed by atoms with Gasteiger partial charge in [0.05, 0.1) is 12.1 Å². The maximum atomic E-state index is 12.4. The van der Waals surface area contributed by atoms with Crippen LogP contribution in [0.5, 0.6) is 0 Å². The predicted octanol–water partition coefficient (Wildman–Crippen LogP) is 2.75. The number of hydrogen-bond donors (Lipinski definition) is 1. The van der Waals surface area contributed by atoms with E-state index < -0.39 is 0 Å². The number of benzene rings is 1. The van der Waals surface area contributed by atoms with Crippen molar-refractivity contribution in [2.75, 3.05) is 38.0 Å². The van der Waals surface area contributed by atoms with Crippen molar-refractivity contribution in [1.82, 2.24) is 9.80 Å². The molecule has 1 aliphatic heterocycles. The Kier molecular flexibility index (Phi) is 5.55. The number of piperazine rings is 1. The molecule has 0 bridgehead atoms. The van der Waals surface area contributed by atoms with Crippen LogP contribution in [0.4, 0.5) is 5.69 Å². The first-order chi connectivity index (χ1) is 12.0. The van der Waals surface area contributed by atoms with Crippen LogP contribution >= 0.6 is 15.9 Å². The van der Waals surface area contributed by atoms with Crippen molar-refractivity contribution >= 4 is 33.4 Å². The number of nitrogens with one attached hydrogen (secondary N) is 1. The van der Waals surface area contributed by atoms with Gasteiger partial charge >= 0.3 is 0 Å². The SMILES string of the molecule is Cc1ccc(NC(=O)CN2CCN(C(=O)c3coc(Br)c3)CC2)cc1. The van der Waals surface area contributed by atoms with Crippen LogP contribution in [0, 0.1) is 6.92 Å². The van der Waals surface area contributed by atoms with Crippen LogP contribution in [0.1, 0.15) is 15.9 Å². The largest absolute Gasteiger partial charge is 0.457 e. The highest BCUT2D eigenvalue weighted by atomic mass is 79.9. The van der Waals surface area contributed by atoms with E-state index in [1.165, 1.54) is 6.26 Å². The predicted molar refractivity (Wildman–Crippen MR) is 98.6 cm³/mol. The highest BCUT2D eigenvalue weighted by Crippen LogP contribution is 2.17. The molecular formula is C18H20BrN3O3. The van der Waals surface area contributed by atoms with Crippen LogP contribution in [0.15, 0.2) is 45.7 Å². The molecule has 132 valence electrons. The van der Waals surface area contributed by atoms with Gasteiger partial charge in [-0.2, -0.15) is 0 Å². The van der Waals surface area contributed by atoms with Gasteiger partial charge in [-0.15, -0.1) is 0 Å². The van der Waals surface area contributed by atoms with E-state index in [1.54, 1.807) is 11.0 Å². The third kappa shape index (κ3) is 4.70. The third-order valence-corrected chi connectivity index (χ3v) is 4.59. The Labute approximate surface area is 154 Å². The van der Waals surface area contributed by atoms with Crippen LogP contribution in [0.3, 0.4) is 0 Å². The van der Waals surface area contributed by atoms with Gasteiger partial charge in [-0.1, -0.05) is 17.7 Å². The number of aryl methyl sites for hydroxylation is 1. The molecule has 25 heavy (non-hydrogen) atoms. The minimum absolute atomic E-state index is 0.0394. The number of amides is 2. The molecule has 3 rings (SSSR count). The van der Waals surface area contributed by atoms with Gasteiger partial charge in [0.15, 0.2) is 4.67 Å². The molecule has 1 saturated heterocycles. The van der Waals surface area contributed by atoms with E-state index in [2.05, 4.69) is 26.1 Å². The minimum Gasteiger partial charge on any atom is -0.457 e. The van der Waals surface area contributed by atoms with E-state index in [4.69, 9.17) is 4.42 Å². The van der Waals surface area contributed by atoms with Crippen molar-refractivity contribution in [3.63, 3.8) is 0 Å². The number of nitrogens with zero attached hydrogens (tertiary/aromatic N) is 2. The Morgan fingerprint density at radius 2 is 1.84 bits per heavy atom. The lowest BCUT2D eigenvalue weighted by atomic mass is 10.2. The summed E-state index contributed by atoms with van der Waals surface area (Å²) in [5.41, 5.74) is 2.50. The van der Waals surface area contributed by atoms with Gasteiger partial charge in [0, 0.05) is 37.9 Å². The first-order valence-electron chi connectivity index (χ1n) is 8.13. The van der Waals surface area contributed by atoms with E-state index in [-0.39, 0.29) is 11.8 Å². The van der Waals surface area contributed by atoms with Crippen molar-refractivity contribution in [2.45, 2.75) is 6.92 Å². The molecule has 7 heteroatoms. The topological polar surface area (TPSA) is 65.8 Å². The first-order valence-corrected chi connectivity index (χ1v) is 8.93. The average Bonchev–Trinajstić information content (AvgIpc) is 3.03. The summed E-state index contributed by atoms with van der Waals surface area (Å²) in [7, 11) is 0. The molecule has 1 aromatic heterocycles. The van der Waals surface area contributed by atoms with Crippen molar-refractivity contribution in [1.29, 1.82) is 0 Å². The smallest absolute Gasteiger partial charge is 0.257 e. The van der Waals surface area contributed by atoms with Crippen LogP contribution in [0.25, 0.3) is 0 Å². The van der Waals surface area contributed by atoms with E-state index in [1.807, 2.05) is 31.2 Å². The number of rotatable bonds is 4. The Morgan fingerprint density at radius 1 is 1.16 bits per heavy atom. The summed E-state index contributed by atoms with van der Waals surface area (Å²) in [6.07, 6.45) is 1.45. The zero-order valence-corrected chi connectivity index (χ0v) is 15.6. The first kappa shape index (κ1) is 17.7. The van der Waals surface area contributed by atoms with Crippen molar-refractivity contribution in [3.05, 3.63) is 52.4 Å². The molecule has 1 aliphatic rings. The summed E-state index contributed by atoms with van der Waals surface area (Å²) in [5, 5.41) is 2.90. The minimum atomic E-state index is -0.0433. The number of anilines is 1. The van der Waals surface area contributed by atoms with Crippen LogP contribution in [0.2, 0.25) is 0 Å². The summed E-state index contributed by atoms with van der Waals surface area (Å²) in [6.45, 7) is 4.87. The molecule has 0 unspecified atom stereocenters. The number of carbonyl (C=O) groups excluding carboxylic acids is 2. The van der Waals surface area contributed by atoms with Crippen LogP contribution in [-0.2, 0) is 4.79 Å². The lowest BCUT2D eigenvalue weighted by Gasteiger charge is -2.34. The number of carbonyl (C=O) groups is 2. The number of halogens is 1. The molecule has 0 aliphatic carbocycles. The van der Waals surface area contributed by atoms with Gasteiger partial charge in [-0.3, -0.25) is 14.5 Å². The fourth-order valence-electron chi connectivity index (χ4n) is 2.75. The van der Waals surface area contributed by atoms with E-state index in [0.717, 1.165) is 11.3 Å². The van der Waals surface area contributed by atoms with Crippen molar-refractivity contribution < 1.29 is 14.0 Å². The van der Waals surface area contributed by atoms with E-state index in [0.29, 0.717) is 43.0 Å². The van der Waals surface area contributed by atoms with Crippen molar-refractivity contribution in [3.8, 4) is 0 Å². The highest BCUT2D eigenvalue weighted by molar-refractivity contribution is 9.10. The van der Waals surface area contributed by atoms with Gasteiger partial charge < -0.3 is 14.6 Å². The van der Waals surface area contributed by atoms with Gasteiger partial charge in [-0.05, 0) is 35.0 Å². The normalized spacial score (nSPS) is 15.2. The van der Waals surface area contributed by atoms with Crippen molar-refractivity contribution in [2.24, 2.45) is 0 Å². The monoisotopic (exact) mass is 405 g/mol. The summed E-state index contributed by atoms with van der Waals surface area (Å²) in [6, 6.07) is 9.39. The molecule has 2 aromatic rings. The average molecular weight is 406 g/mol. The Balaban J connectivity index is 1.46. The van der Waals surface area contributed by atoms with Gasteiger partial charge in [0.25, 0.3) is 5.91 Å². The second-order valence-corrected chi connectivity index (χ2v) is 6.90. The zero-order chi connectivity index (χ0) is 17.8. The molecule has 6 nitrogen and oxygen atoms in total. The fourth-order valence-corrected chi connectivity index (χ4v) is 3.09. The van der Waals surface area contributed by atoms with Crippen LogP contribution < -0.4 is 5.32 Å². The molecule has 0 radical (unpaired) electrons. The standard InChI is InChI=1S/C18H20BrN3O3/c1-13-2-4-15(5-3-13)20-17(23)11-21-6-8-22(9-7-21)18(24)14-10-16(19)25-12-14/h2-5,10,12H,6-9,11H2,1H3,(H,20,23). The molecule has 2 heterocycles. The number of furan rings is 1. The molecule has 1 aromatic carbocycles. The van der Waals surface area contributed by atoms with E-state index in [9.17, 15) is 9.59 Å². The molecule has 2 amide bonds. The molecular weight excluding hydrogens is 386 g/mol. The summed E-state index contributed by atoms with van der Waals surface area (Å²) in [4.78, 5) is 28.3.